The van der Waals surface area contributed by atoms with Gasteiger partial charge in [0.1, 0.15) is 0 Å². The summed E-state index contributed by atoms with van der Waals surface area (Å²) < 4.78 is 1.86. The molecule has 0 radical (unpaired) electrons. The van der Waals surface area contributed by atoms with E-state index >= 15 is 0 Å². The van der Waals surface area contributed by atoms with Crippen molar-refractivity contribution in [2.24, 2.45) is 0 Å². The Labute approximate surface area is 155 Å². The second kappa shape index (κ2) is 8.13. The Morgan fingerprint density at radius 2 is 1.96 bits per heavy atom. The van der Waals surface area contributed by atoms with Crippen molar-refractivity contribution in [2.75, 3.05) is 18.8 Å². The van der Waals surface area contributed by atoms with Crippen molar-refractivity contribution in [2.45, 2.75) is 24.5 Å². The molecule has 2 heterocycles. The maximum absolute atomic E-state index is 12.2. The molecule has 0 atom stereocenters. The van der Waals surface area contributed by atoms with Crippen molar-refractivity contribution in [3.8, 4) is 11.4 Å². The first-order chi connectivity index (χ1) is 12.6. The fourth-order valence-electron chi connectivity index (χ4n) is 2.82. The van der Waals surface area contributed by atoms with Crippen LogP contribution < -0.4 is 0 Å². The summed E-state index contributed by atoms with van der Waals surface area (Å²) in [6.07, 6.45) is 3.85. The van der Waals surface area contributed by atoms with Gasteiger partial charge in [-0.15, -0.1) is 16.8 Å². The third kappa shape index (κ3) is 3.93. The minimum atomic E-state index is -0.441. The van der Waals surface area contributed by atoms with Crippen LogP contribution in [0.1, 0.15) is 12.8 Å². The van der Waals surface area contributed by atoms with Gasteiger partial charge in [-0.3, -0.25) is 19.5 Å². The molecule has 1 aromatic carbocycles. The van der Waals surface area contributed by atoms with Gasteiger partial charge in [0.2, 0.25) is 5.91 Å². The van der Waals surface area contributed by atoms with E-state index in [-0.39, 0.29) is 11.6 Å². The molecule has 0 unspecified atom stereocenters. The monoisotopic (exact) mass is 373 g/mol. The highest BCUT2D eigenvalue weighted by Crippen LogP contribution is 2.26. The largest absolute Gasteiger partial charge is 0.342 e. The molecule has 9 heteroatoms. The van der Waals surface area contributed by atoms with E-state index in [1.54, 1.807) is 18.2 Å². The molecule has 1 saturated heterocycles. The number of amides is 1. The zero-order valence-electron chi connectivity index (χ0n) is 14.2. The van der Waals surface area contributed by atoms with Crippen LogP contribution in [0.25, 0.3) is 11.4 Å². The summed E-state index contributed by atoms with van der Waals surface area (Å²) >= 11 is 1.35. The highest BCUT2D eigenvalue weighted by Gasteiger charge is 2.20. The van der Waals surface area contributed by atoms with E-state index in [0.29, 0.717) is 23.3 Å². The van der Waals surface area contributed by atoms with Gasteiger partial charge < -0.3 is 4.90 Å². The first-order valence-corrected chi connectivity index (χ1v) is 9.28. The van der Waals surface area contributed by atoms with Crippen molar-refractivity contribution in [1.29, 1.82) is 0 Å². The lowest BCUT2D eigenvalue weighted by molar-refractivity contribution is -0.384. The van der Waals surface area contributed by atoms with E-state index in [1.165, 1.54) is 23.9 Å². The number of rotatable bonds is 7. The van der Waals surface area contributed by atoms with E-state index in [4.69, 9.17) is 0 Å². The number of aromatic nitrogens is 3. The van der Waals surface area contributed by atoms with Crippen LogP contribution in [0.3, 0.4) is 0 Å². The van der Waals surface area contributed by atoms with E-state index < -0.39 is 4.92 Å². The first kappa shape index (κ1) is 18.1. The molecule has 136 valence electrons. The molecule has 1 amide bonds. The van der Waals surface area contributed by atoms with Crippen LogP contribution in [0.2, 0.25) is 0 Å². The molecule has 1 aliphatic rings. The quantitative estimate of drug-likeness (QED) is 0.321. The first-order valence-electron chi connectivity index (χ1n) is 8.29. The summed E-state index contributed by atoms with van der Waals surface area (Å²) in [4.78, 5) is 24.5. The second-order valence-electron chi connectivity index (χ2n) is 5.89. The minimum absolute atomic E-state index is 0.0225. The van der Waals surface area contributed by atoms with E-state index in [2.05, 4.69) is 16.8 Å². The third-order valence-corrected chi connectivity index (χ3v) is 5.10. The molecule has 1 aliphatic heterocycles. The Morgan fingerprint density at radius 1 is 1.27 bits per heavy atom. The van der Waals surface area contributed by atoms with Gasteiger partial charge in [-0.2, -0.15) is 0 Å². The summed E-state index contributed by atoms with van der Waals surface area (Å²) in [7, 11) is 0. The lowest BCUT2D eigenvalue weighted by Crippen LogP contribution is -2.29. The van der Waals surface area contributed by atoms with Crippen molar-refractivity contribution >= 4 is 23.4 Å². The molecule has 1 fully saturated rings. The molecule has 2 aromatic rings. The molecule has 0 aliphatic carbocycles. The van der Waals surface area contributed by atoms with E-state index in [9.17, 15) is 14.9 Å². The Balaban J connectivity index is 1.77. The van der Waals surface area contributed by atoms with Crippen LogP contribution in [-0.2, 0) is 11.3 Å². The van der Waals surface area contributed by atoms with Crippen LogP contribution in [0, 0.1) is 10.1 Å². The highest BCUT2D eigenvalue weighted by molar-refractivity contribution is 7.99. The molecule has 0 N–H and O–H groups in total. The lowest BCUT2D eigenvalue weighted by atomic mass is 10.2. The topological polar surface area (TPSA) is 94.2 Å². The number of non-ortho nitro benzene ring substituents is 1. The molecular formula is C17H19N5O3S. The zero-order valence-corrected chi connectivity index (χ0v) is 15.0. The lowest BCUT2D eigenvalue weighted by Gasteiger charge is -2.14. The minimum Gasteiger partial charge on any atom is -0.342 e. The maximum atomic E-state index is 12.2. The van der Waals surface area contributed by atoms with Crippen LogP contribution in [-0.4, -0.2) is 49.3 Å². The number of thioether (sulfide) groups is 1. The van der Waals surface area contributed by atoms with Crippen LogP contribution in [0.5, 0.6) is 0 Å². The third-order valence-electron chi connectivity index (χ3n) is 4.15. The predicted octanol–water partition coefficient (Wildman–Crippen LogP) is 2.75. The number of carbonyl (C=O) groups is 1. The summed E-state index contributed by atoms with van der Waals surface area (Å²) in [5.74, 6) is 1.02. The van der Waals surface area contributed by atoms with E-state index in [1.807, 2.05) is 9.47 Å². The van der Waals surface area contributed by atoms with Gasteiger partial charge in [-0.25, -0.2) is 0 Å². The number of nitrogens with zero attached hydrogens (tertiary/aromatic N) is 5. The molecule has 8 nitrogen and oxygen atoms in total. The number of hydrogen-bond acceptors (Lipinski definition) is 6. The molecule has 1 aromatic heterocycles. The summed E-state index contributed by atoms with van der Waals surface area (Å²) in [6.45, 7) is 5.89. The summed E-state index contributed by atoms with van der Waals surface area (Å²) in [6, 6.07) is 6.16. The van der Waals surface area contributed by atoms with Crippen molar-refractivity contribution < 1.29 is 9.72 Å². The number of likely N-dealkylation sites (tertiary alicyclic amines) is 1. The SMILES string of the molecule is C=CCn1c(SCC(=O)N2CCCC2)nnc1-c1ccc([N+](=O)[O-])cc1. The average molecular weight is 373 g/mol. The van der Waals surface area contributed by atoms with Gasteiger partial charge in [0.15, 0.2) is 11.0 Å². The maximum Gasteiger partial charge on any atom is 0.269 e. The molecule has 3 rings (SSSR count). The summed E-state index contributed by atoms with van der Waals surface area (Å²) in [5.41, 5.74) is 0.747. The van der Waals surface area contributed by atoms with Crippen LogP contribution in [0.15, 0.2) is 42.1 Å². The predicted molar refractivity (Wildman–Crippen MR) is 98.8 cm³/mol. The Morgan fingerprint density at radius 3 is 2.58 bits per heavy atom. The molecular weight excluding hydrogens is 354 g/mol. The molecule has 26 heavy (non-hydrogen) atoms. The Bertz CT molecular complexity index is 812. The molecule has 0 spiro atoms. The number of allylic oxidation sites excluding steroid dienone is 1. The van der Waals surface area contributed by atoms with Crippen LogP contribution in [0.4, 0.5) is 5.69 Å². The smallest absolute Gasteiger partial charge is 0.269 e. The van der Waals surface area contributed by atoms with Crippen LogP contribution >= 0.6 is 11.8 Å². The van der Waals surface area contributed by atoms with Gasteiger partial charge in [0.25, 0.3) is 5.69 Å². The van der Waals surface area contributed by atoms with E-state index in [0.717, 1.165) is 31.5 Å². The highest BCUT2D eigenvalue weighted by atomic mass is 32.2. The standard InChI is InChI=1S/C17H19N5O3S/c1-2-9-21-16(13-5-7-14(8-6-13)22(24)25)18-19-17(21)26-12-15(23)20-10-3-4-11-20/h2,5-8H,1,3-4,9-12H2. The number of nitro groups is 1. The van der Waals surface area contributed by atoms with Crippen molar-refractivity contribution in [3.63, 3.8) is 0 Å². The zero-order chi connectivity index (χ0) is 18.5. The number of carbonyl (C=O) groups excluding carboxylic acids is 1. The van der Waals surface area contributed by atoms with Crippen molar-refractivity contribution in [1.82, 2.24) is 19.7 Å². The normalized spacial score (nSPS) is 13.8. The molecule has 0 saturated carbocycles. The Hall–Kier alpha value is -2.68. The fourth-order valence-corrected chi connectivity index (χ4v) is 3.67. The van der Waals surface area contributed by atoms with Gasteiger partial charge in [0, 0.05) is 37.3 Å². The van der Waals surface area contributed by atoms with Gasteiger partial charge >= 0.3 is 0 Å². The van der Waals surface area contributed by atoms with Gasteiger partial charge in [-0.1, -0.05) is 17.8 Å². The molecule has 0 bridgehead atoms. The average Bonchev–Trinajstić information content (AvgIpc) is 3.30. The van der Waals surface area contributed by atoms with Gasteiger partial charge in [-0.05, 0) is 25.0 Å². The number of benzene rings is 1. The Kier molecular flexibility index (Phi) is 5.67. The van der Waals surface area contributed by atoms with Gasteiger partial charge in [0.05, 0.1) is 10.7 Å². The van der Waals surface area contributed by atoms with Crippen molar-refractivity contribution in [3.05, 3.63) is 47.0 Å². The summed E-state index contributed by atoms with van der Waals surface area (Å²) in [5, 5.41) is 19.8. The number of hydrogen-bond donors (Lipinski definition) is 0. The fraction of sp³-hybridized carbons (Fsp3) is 0.353. The second-order valence-corrected chi connectivity index (χ2v) is 6.83. The number of nitro benzene ring substituents is 1.